The number of carbonyl (C=O) groups excluding carboxylic acids is 1. The summed E-state index contributed by atoms with van der Waals surface area (Å²) >= 11 is 0. The van der Waals surface area contributed by atoms with Gasteiger partial charge in [-0.25, -0.2) is 9.97 Å². The Morgan fingerprint density at radius 2 is 1.43 bits per heavy atom. The Kier molecular flexibility index (Phi) is 5.89. The Balaban J connectivity index is 1.55. The van der Waals surface area contributed by atoms with Crippen molar-refractivity contribution < 1.29 is 9.53 Å². The Hall–Kier alpha value is -3.41. The van der Waals surface area contributed by atoms with Gasteiger partial charge in [0.25, 0.3) is 5.91 Å². The number of hydrogen-bond acceptors (Lipinski definition) is 5. The van der Waals surface area contributed by atoms with E-state index >= 15 is 0 Å². The summed E-state index contributed by atoms with van der Waals surface area (Å²) in [6.07, 6.45) is 0. The predicted octanol–water partition coefficient (Wildman–Crippen LogP) is 4.47. The molecule has 0 unspecified atom stereocenters. The average molecular weight is 376 g/mol. The lowest BCUT2D eigenvalue weighted by Gasteiger charge is -2.10. The minimum atomic E-state index is -0.211. The van der Waals surface area contributed by atoms with Gasteiger partial charge in [0.1, 0.15) is 5.75 Å². The van der Waals surface area contributed by atoms with Crippen LogP contribution in [-0.2, 0) is 4.79 Å². The third-order valence-corrected chi connectivity index (χ3v) is 3.97. The number of anilines is 3. The molecule has 1 heterocycles. The van der Waals surface area contributed by atoms with Crippen molar-refractivity contribution in [3.8, 4) is 5.75 Å². The highest BCUT2D eigenvalue weighted by Crippen LogP contribution is 2.18. The number of carbonyl (C=O) groups is 1. The molecule has 0 aliphatic rings. The first-order valence-corrected chi connectivity index (χ1v) is 9.08. The van der Waals surface area contributed by atoms with Crippen molar-refractivity contribution in [2.75, 3.05) is 17.2 Å². The number of aryl methyl sites for hydroxylation is 4. The summed E-state index contributed by atoms with van der Waals surface area (Å²) in [6.45, 7) is 7.81. The summed E-state index contributed by atoms with van der Waals surface area (Å²) in [4.78, 5) is 20.8. The zero-order valence-corrected chi connectivity index (χ0v) is 16.5. The third kappa shape index (κ3) is 5.54. The standard InChI is InChI=1S/C22H24N4O2/c1-14-9-15(2)11-20(10-14)28-13-21(27)25-18-5-7-19(8-6-18)26-22-23-16(3)12-17(4)24-22/h5-12H,13H2,1-4H3,(H,25,27)(H,23,24,26). The number of ether oxygens (including phenoxy) is 1. The van der Waals surface area contributed by atoms with Gasteiger partial charge in [-0.05, 0) is 81.3 Å². The summed E-state index contributed by atoms with van der Waals surface area (Å²) in [5, 5.41) is 5.99. The summed E-state index contributed by atoms with van der Waals surface area (Å²) in [5.74, 6) is 1.04. The molecule has 0 aliphatic heterocycles. The van der Waals surface area contributed by atoms with Gasteiger partial charge in [-0.15, -0.1) is 0 Å². The van der Waals surface area contributed by atoms with Crippen molar-refractivity contribution in [1.82, 2.24) is 9.97 Å². The van der Waals surface area contributed by atoms with Crippen LogP contribution in [0.2, 0.25) is 0 Å². The van der Waals surface area contributed by atoms with Crippen LogP contribution in [0.25, 0.3) is 0 Å². The summed E-state index contributed by atoms with van der Waals surface area (Å²) < 4.78 is 5.59. The van der Waals surface area contributed by atoms with Gasteiger partial charge in [-0.3, -0.25) is 4.79 Å². The van der Waals surface area contributed by atoms with E-state index in [0.717, 1.165) is 28.2 Å². The predicted molar refractivity (Wildman–Crippen MR) is 111 cm³/mol. The Morgan fingerprint density at radius 3 is 2.04 bits per heavy atom. The second kappa shape index (κ2) is 8.52. The lowest BCUT2D eigenvalue weighted by atomic mass is 10.1. The number of amides is 1. The van der Waals surface area contributed by atoms with E-state index in [2.05, 4.69) is 26.7 Å². The lowest BCUT2D eigenvalue weighted by molar-refractivity contribution is -0.118. The fraction of sp³-hybridized carbons (Fsp3) is 0.227. The molecule has 3 rings (SSSR count). The number of hydrogen-bond donors (Lipinski definition) is 2. The van der Waals surface area contributed by atoms with Crippen molar-refractivity contribution in [2.24, 2.45) is 0 Å². The molecule has 1 aromatic heterocycles. The van der Waals surface area contributed by atoms with Crippen LogP contribution in [-0.4, -0.2) is 22.5 Å². The fourth-order valence-corrected chi connectivity index (χ4v) is 2.91. The van der Waals surface area contributed by atoms with Crippen molar-refractivity contribution in [2.45, 2.75) is 27.7 Å². The quantitative estimate of drug-likeness (QED) is 0.664. The van der Waals surface area contributed by atoms with Gasteiger partial charge in [0, 0.05) is 22.8 Å². The molecule has 28 heavy (non-hydrogen) atoms. The molecule has 0 fully saturated rings. The van der Waals surface area contributed by atoms with Gasteiger partial charge in [0.2, 0.25) is 5.95 Å². The van der Waals surface area contributed by atoms with Crippen molar-refractivity contribution in [3.63, 3.8) is 0 Å². The summed E-state index contributed by atoms with van der Waals surface area (Å²) in [7, 11) is 0. The Bertz CT molecular complexity index is 944. The van der Waals surface area contributed by atoms with Gasteiger partial charge < -0.3 is 15.4 Å². The first-order valence-electron chi connectivity index (χ1n) is 9.08. The summed E-state index contributed by atoms with van der Waals surface area (Å²) in [6, 6.07) is 15.2. The third-order valence-electron chi connectivity index (χ3n) is 3.97. The second-order valence-electron chi connectivity index (χ2n) is 6.84. The van der Waals surface area contributed by atoms with E-state index < -0.39 is 0 Å². The van der Waals surface area contributed by atoms with Crippen molar-refractivity contribution in [1.29, 1.82) is 0 Å². The minimum Gasteiger partial charge on any atom is -0.484 e. The van der Waals surface area contributed by atoms with Crippen LogP contribution >= 0.6 is 0 Å². The zero-order chi connectivity index (χ0) is 20.1. The maximum Gasteiger partial charge on any atom is 0.262 e. The zero-order valence-electron chi connectivity index (χ0n) is 16.5. The molecule has 0 radical (unpaired) electrons. The highest BCUT2D eigenvalue weighted by Gasteiger charge is 2.06. The number of aromatic nitrogens is 2. The minimum absolute atomic E-state index is 0.0424. The van der Waals surface area contributed by atoms with Crippen LogP contribution in [0.1, 0.15) is 22.5 Å². The van der Waals surface area contributed by atoms with E-state index in [4.69, 9.17) is 4.74 Å². The molecular weight excluding hydrogens is 352 g/mol. The Labute approximate surface area is 165 Å². The van der Waals surface area contributed by atoms with E-state index in [1.165, 1.54) is 0 Å². The van der Waals surface area contributed by atoms with Crippen LogP contribution in [0.15, 0.2) is 48.5 Å². The van der Waals surface area contributed by atoms with E-state index in [0.29, 0.717) is 17.4 Å². The maximum atomic E-state index is 12.1. The van der Waals surface area contributed by atoms with E-state index in [1.54, 1.807) is 0 Å². The van der Waals surface area contributed by atoms with Crippen LogP contribution in [0.3, 0.4) is 0 Å². The molecule has 2 N–H and O–H groups in total. The molecule has 144 valence electrons. The van der Waals surface area contributed by atoms with Crippen LogP contribution in [0, 0.1) is 27.7 Å². The molecule has 0 spiro atoms. The van der Waals surface area contributed by atoms with E-state index in [9.17, 15) is 4.79 Å². The number of rotatable bonds is 6. The lowest BCUT2D eigenvalue weighted by Crippen LogP contribution is -2.20. The van der Waals surface area contributed by atoms with Gasteiger partial charge in [-0.2, -0.15) is 0 Å². The average Bonchev–Trinajstić information content (AvgIpc) is 2.60. The van der Waals surface area contributed by atoms with Gasteiger partial charge in [-0.1, -0.05) is 6.07 Å². The smallest absolute Gasteiger partial charge is 0.262 e. The summed E-state index contributed by atoms with van der Waals surface area (Å²) in [5.41, 5.74) is 5.55. The Morgan fingerprint density at radius 1 is 0.857 bits per heavy atom. The molecule has 2 aromatic carbocycles. The molecule has 3 aromatic rings. The molecule has 1 amide bonds. The topological polar surface area (TPSA) is 76.1 Å². The molecule has 0 atom stereocenters. The van der Waals surface area contributed by atoms with Crippen LogP contribution in [0.4, 0.5) is 17.3 Å². The molecule has 6 heteroatoms. The van der Waals surface area contributed by atoms with Crippen molar-refractivity contribution in [3.05, 3.63) is 71.0 Å². The molecule has 0 saturated heterocycles. The molecular formula is C22H24N4O2. The normalized spacial score (nSPS) is 10.4. The van der Waals surface area contributed by atoms with Gasteiger partial charge in [0.15, 0.2) is 6.61 Å². The SMILES string of the molecule is Cc1cc(C)cc(OCC(=O)Nc2ccc(Nc3nc(C)cc(C)n3)cc2)c1. The first-order chi connectivity index (χ1) is 13.4. The number of nitrogens with one attached hydrogen (secondary N) is 2. The van der Waals surface area contributed by atoms with E-state index in [1.807, 2.05) is 70.2 Å². The molecule has 0 aliphatic carbocycles. The van der Waals surface area contributed by atoms with Crippen molar-refractivity contribution >= 4 is 23.2 Å². The highest BCUT2D eigenvalue weighted by atomic mass is 16.5. The molecule has 6 nitrogen and oxygen atoms in total. The number of nitrogens with zero attached hydrogens (tertiary/aromatic N) is 2. The van der Waals surface area contributed by atoms with Gasteiger partial charge in [0.05, 0.1) is 0 Å². The van der Waals surface area contributed by atoms with Gasteiger partial charge >= 0.3 is 0 Å². The first kappa shape index (κ1) is 19.4. The van der Waals surface area contributed by atoms with Crippen LogP contribution < -0.4 is 15.4 Å². The number of benzene rings is 2. The molecule has 0 bridgehead atoms. The second-order valence-corrected chi connectivity index (χ2v) is 6.84. The van der Waals surface area contributed by atoms with Crippen LogP contribution in [0.5, 0.6) is 5.75 Å². The maximum absolute atomic E-state index is 12.1. The van der Waals surface area contributed by atoms with E-state index in [-0.39, 0.29) is 12.5 Å². The highest BCUT2D eigenvalue weighted by molar-refractivity contribution is 5.92. The molecule has 0 saturated carbocycles. The largest absolute Gasteiger partial charge is 0.484 e. The fourth-order valence-electron chi connectivity index (χ4n) is 2.91. The monoisotopic (exact) mass is 376 g/mol.